The standard InChI is InChI=1S/C24H27ClN2O3/c25-18-12-10-17(11-13-18)16-27-14-15-30-24(29)21-9-5-4-8-20(21)22(27)23(28)26-19-6-2-1-3-7-19/h4-5,8-13,19,22H,1-3,6-7,14-16H2,(H,26,28). The molecule has 5 nitrogen and oxygen atoms in total. The number of ether oxygens (including phenoxy) is 1. The minimum atomic E-state index is -0.549. The number of fused-ring (bicyclic) bond motifs is 1. The Morgan fingerprint density at radius 1 is 1.07 bits per heavy atom. The van der Waals surface area contributed by atoms with E-state index in [-0.39, 0.29) is 24.5 Å². The van der Waals surface area contributed by atoms with Crippen LogP contribution >= 0.6 is 11.6 Å². The molecule has 0 spiro atoms. The van der Waals surface area contributed by atoms with Gasteiger partial charge in [0.05, 0.1) is 5.56 Å². The Hall–Kier alpha value is -2.37. The van der Waals surface area contributed by atoms with E-state index in [1.54, 1.807) is 12.1 Å². The van der Waals surface area contributed by atoms with Crippen molar-refractivity contribution in [3.05, 3.63) is 70.2 Å². The summed E-state index contributed by atoms with van der Waals surface area (Å²) < 4.78 is 5.44. The molecule has 158 valence electrons. The van der Waals surface area contributed by atoms with Crippen molar-refractivity contribution in [2.24, 2.45) is 0 Å². The molecule has 2 aromatic rings. The molecule has 1 aliphatic carbocycles. The number of nitrogens with zero attached hydrogens (tertiary/aromatic N) is 1. The number of halogens is 1. The fourth-order valence-corrected chi connectivity index (χ4v) is 4.54. The molecule has 2 aromatic carbocycles. The van der Waals surface area contributed by atoms with Crippen LogP contribution in [0.25, 0.3) is 0 Å². The summed E-state index contributed by atoms with van der Waals surface area (Å²) >= 11 is 6.04. The highest BCUT2D eigenvalue weighted by Gasteiger charge is 2.34. The first-order chi connectivity index (χ1) is 14.6. The summed E-state index contributed by atoms with van der Waals surface area (Å²) in [6.07, 6.45) is 5.55. The average molecular weight is 427 g/mol. The van der Waals surface area contributed by atoms with Gasteiger partial charge in [0.25, 0.3) is 0 Å². The molecule has 0 radical (unpaired) electrons. The highest BCUT2D eigenvalue weighted by molar-refractivity contribution is 6.30. The molecule has 0 saturated heterocycles. The molecule has 1 saturated carbocycles. The molecule has 1 N–H and O–H groups in total. The van der Waals surface area contributed by atoms with Gasteiger partial charge in [-0.2, -0.15) is 0 Å². The van der Waals surface area contributed by atoms with Crippen molar-refractivity contribution in [2.75, 3.05) is 13.2 Å². The zero-order chi connectivity index (χ0) is 20.9. The maximum absolute atomic E-state index is 13.5. The topological polar surface area (TPSA) is 58.6 Å². The zero-order valence-electron chi connectivity index (χ0n) is 17.0. The SMILES string of the molecule is O=C1OCCN(Cc2ccc(Cl)cc2)C(C(=O)NC2CCCCC2)c2ccccc21. The van der Waals surface area contributed by atoms with Crippen LogP contribution in [0.5, 0.6) is 0 Å². The van der Waals surface area contributed by atoms with E-state index in [1.807, 2.05) is 36.4 Å². The molecular weight excluding hydrogens is 400 g/mol. The van der Waals surface area contributed by atoms with E-state index in [4.69, 9.17) is 16.3 Å². The first-order valence-electron chi connectivity index (χ1n) is 10.7. The van der Waals surface area contributed by atoms with E-state index < -0.39 is 6.04 Å². The number of benzene rings is 2. The number of amides is 1. The molecule has 4 rings (SSSR count). The number of nitrogens with one attached hydrogen (secondary N) is 1. The first kappa shape index (κ1) is 20.9. The van der Waals surface area contributed by atoms with Crippen molar-refractivity contribution in [3.63, 3.8) is 0 Å². The molecule has 6 heteroatoms. The van der Waals surface area contributed by atoms with Gasteiger partial charge in [0.15, 0.2) is 0 Å². The Morgan fingerprint density at radius 3 is 2.57 bits per heavy atom. The third-order valence-corrected chi connectivity index (χ3v) is 6.20. The van der Waals surface area contributed by atoms with Crippen LogP contribution in [0.3, 0.4) is 0 Å². The summed E-state index contributed by atoms with van der Waals surface area (Å²) in [4.78, 5) is 28.2. The lowest BCUT2D eigenvalue weighted by Gasteiger charge is -2.35. The molecule has 0 bridgehead atoms. The number of hydrogen-bond donors (Lipinski definition) is 1. The Balaban J connectivity index is 1.67. The van der Waals surface area contributed by atoms with Crippen LogP contribution < -0.4 is 5.32 Å². The molecule has 2 aliphatic rings. The summed E-state index contributed by atoms with van der Waals surface area (Å²) in [5.74, 6) is -0.412. The molecule has 1 atom stereocenters. The van der Waals surface area contributed by atoms with Crippen molar-refractivity contribution in [1.82, 2.24) is 10.2 Å². The highest BCUT2D eigenvalue weighted by atomic mass is 35.5. The lowest BCUT2D eigenvalue weighted by Crippen LogP contribution is -2.47. The van der Waals surface area contributed by atoms with Gasteiger partial charge in [-0.15, -0.1) is 0 Å². The molecule has 1 unspecified atom stereocenters. The fourth-order valence-electron chi connectivity index (χ4n) is 4.41. The average Bonchev–Trinajstić information content (AvgIpc) is 2.75. The van der Waals surface area contributed by atoms with Crippen molar-refractivity contribution in [2.45, 2.75) is 50.7 Å². The van der Waals surface area contributed by atoms with Crippen LogP contribution in [0, 0.1) is 0 Å². The van der Waals surface area contributed by atoms with Crippen molar-refractivity contribution >= 4 is 23.5 Å². The Bertz CT molecular complexity index is 894. The number of carbonyl (C=O) groups excluding carboxylic acids is 2. The van der Waals surface area contributed by atoms with Gasteiger partial charge >= 0.3 is 5.97 Å². The predicted molar refractivity (Wildman–Crippen MR) is 116 cm³/mol. The summed E-state index contributed by atoms with van der Waals surface area (Å²) in [6, 6.07) is 14.6. The second-order valence-corrected chi connectivity index (χ2v) is 8.50. The number of carbonyl (C=O) groups is 2. The van der Waals surface area contributed by atoms with Gasteiger partial charge in [-0.3, -0.25) is 9.69 Å². The monoisotopic (exact) mass is 426 g/mol. The molecule has 1 amide bonds. The van der Waals surface area contributed by atoms with Crippen LogP contribution in [0.2, 0.25) is 5.02 Å². The van der Waals surface area contributed by atoms with Crippen LogP contribution in [-0.4, -0.2) is 36.0 Å². The molecule has 1 heterocycles. The third kappa shape index (κ3) is 4.85. The van der Waals surface area contributed by atoms with Crippen molar-refractivity contribution in [1.29, 1.82) is 0 Å². The van der Waals surface area contributed by atoms with Gasteiger partial charge in [0.2, 0.25) is 5.91 Å². The normalized spacial score (nSPS) is 20.6. The van der Waals surface area contributed by atoms with E-state index in [9.17, 15) is 9.59 Å². The molecule has 0 aromatic heterocycles. The number of esters is 1. The van der Waals surface area contributed by atoms with E-state index in [0.29, 0.717) is 29.2 Å². The van der Waals surface area contributed by atoms with E-state index in [0.717, 1.165) is 31.2 Å². The summed E-state index contributed by atoms with van der Waals surface area (Å²) in [5, 5.41) is 3.94. The van der Waals surface area contributed by atoms with Crippen LogP contribution in [0.15, 0.2) is 48.5 Å². The fraction of sp³-hybridized carbons (Fsp3) is 0.417. The molecular formula is C24H27ClN2O3. The van der Waals surface area contributed by atoms with Gasteiger partial charge in [-0.1, -0.05) is 61.2 Å². The van der Waals surface area contributed by atoms with Crippen molar-refractivity contribution in [3.8, 4) is 0 Å². The van der Waals surface area contributed by atoms with Crippen LogP contribution in [0.1, 0.15) is 59.6 Å². The molecule has 30 heavy (non-hydrogen) atoms. The van der Waals surface area contributed by atoms with Gasteiger partial charge in [-0.25, -0.2) is 4.79 Å². The van der Waals surface area contributed by atoms with E-state index in [2.05, 4.69) is 10.2 Å². The summed E-state index contributed by atoms with van der Waals surface area (Å²) in [5.41, 5.74) is 2.21. The maximum atomic E-state index is 13.5. The Kier molecular flexibility index (Phi) is 6.70. The largest absolute Gasteiger partial charge is 0.461 e. The Labute approximate surface area is 182 Å². The molecule has 1 aliphatic heterocycles. The smallest absolute Gasteiger partial charge is 0.338 e. The van der Waals surface area contributed by atoms with Crippen molar-refractivity contribution < 1.29 is 14.3 Å². The minimum Gasteiger partial charge on any atom is -0.461 e. The van der Waals surface area contributed by atoms with Gasteiger partial charge < -0.3 is 10.1 Å². The molecule has 1 fully saturated rings. The maximum Gasteiger partial charge on any atom is 0.338 e. The second kappa shape index (κ2) is 9.63. The summed E-state index contributed by atoms with van der Waals surface area (Å²) in [6.45, 7) is 1.28. The van der Waals surface area contributed by atoms with Gasteiger partial charge in [0, 0.05) is 24.2 Å². The number of rotatable bonds is 4. The number of cyclic esters (lactones) is 1. The second-order valence-electron chi connectivity index (χ2n) is 8.07. The predicted octanol–water partition coefficient (Wildman–Crippen LogP) is 4.50. The highest BCUT2D eigenvalue weighted by Crippen LogP contribution is 2.29. The third-order valence-electron chi connectivity index (χ3n) is 5.95. The lowest BCUT2D eigenvalue weighted by atomic mass is 9.93. The Morgan fingerprint density at radius 2 is 1.80 bits per heavy atom. The minimum absolute atomic E-state index is 0.0435. The van der Waals surface area contributed by atoms with E-state index >= 15 is 0 Å². The first-order valence-corrected chi connectivity index (χ1v) is 11.0. The lowest BCUT2D eigenvalue weighted by molar-refractivity contribution is -0.128. The van der Waals surface area contributed by atoms with Gasteiger partial charge in [0.1, 0.15) is 12.6 Å². The van der Waals surface area contributed by atoms with Crippen LogP contribution in [0.4, 0.5) is 0 Å². The van der Waals surface area contributed by atoms with Crippen LogP contribution in [-0.2, 0) is 16.1 Å². The quantitative estimate of drug-likeness (QED) is 0.731. The van der Waals surface area contributed by atoms with Gasteiger partial charge in [-0.05, 0) is 42.2 Å². The van der Waals surface area contributed by atoms with E-state index in [1.165, 1.54) is 6.42 Å². The summed E-state index contributed by atoms with van der Waals surface area (Å²) in [7, 11) is 0. The number of hydrogen-bond acceptors (Lipinski definition) is 4. The zero-order valence-corrected chi connectivity index (χ0v) is 17.7.